The van der Waals surface area contributed by atoms with Crippen LogP contribution in [-0.2, 0) is 10.1 Å². The fourth-order valence-electron chi connectivity index (χ4n) is 1.11. The van der Waals surface area contributed by atoms with Crippen LogP contribution in [0.1, 0.15) is 56.4 Å². The summed E-state index contributed by atoms with van der Waals surface area (Å²) in [5, 5.41) is 0. The van der Waals surface area contributed by atoms with Crippen molar-refractivity contribution in [2.24, 2.45) is 0 Å². The van der Waals surface area contributed by atoms with Crippen molar-refractivity contribution >= 4 is 10.1 Å². The molecule has 0 fully saturated rings. The molecule has 0 aliphatic carbocycles. The van der Waals surface area contributed by atoms with Gasteiger partial charge in [0.2, 0.25) is 0 Å². The van der Waals surface area contributed by atoms with Crippen LogP contribution < -0.4 is 4.74 Å². The van der Waals surface area contributed by atoms with Crippen LogP contribution in [-0.4, -0.2) is 19.2 Å². The Bertz CT molecular complexity index is 508. The summed E-state index contributed by atoms with van der Waals surface area (Å²) in [4.78, 5) is 0. The quantitative estimate of drug-likeness (QED) is 0.521. The summed E-state index contributed by atoms with van der Waals surface area (Å²) >= 11 is 0. The summed E-state index contributed by atoms with van der Waals surface area (Å²) in [7, 11) is -3.92. The van der Waals surface area contributed by atoms with Gasteiger partial charge in [-0.15, -0.1) is 0 Å². The second kappa shape index (κ2) is 25.4. The normalized spacial score (nSPS) is 7.69. The van der Waals surface area contributed by atoms with Crippen LogP contribution in [0.4, 0.5) is 0 Å². The highest BCUT2D eigenvalue weighted by molar-refractivity contribution is 7.84. The third-order valence-corrected chi connectivity index (χ3v) is 1.72. The molecule has 0 radical (unpaired) electrons. The molecule has 0 spiro atoms. The molecule has 0 amide bonds. The van der Waals surface area contributed by atoms with Crippen LogP contribution in [0.5, 0.6) is 11.5 Å². The molecule has 2 aromatic rings. The van der Waals surface area contributed by atoms with E-state index in [1.54, 1.807) is 0 Å². The Balaban J connectivity index is -0.0000000975. The minimum absolute atomic E-state index is 0. The first kappa shape index (κ1) is 35.3. The number of benzene rings is 2. The summed E-state index contributed by atoms with van der Waals surface area (Å²) in [6, 6.07) is 19.5. The van der Waals surface area contributed by atoms with Crippen LogP contribution in [0.15, 0.2) is 60.7 Å². The summed E-state index contributed by atoms with van der Waals surface area (Å²) in [6.45, 7) is 12.0. The van der Waals surface area contributed by atoms with Gasteiger partial charge in [0.15, 0.2) is 0 Å². The Hall–Kier alpha value is -1.85. The van der Waals surface area contributed by atoms with E-state index >= 15 is 0 Å². The molecule has 0 unspecified atom stereocenters. The van der Waals surface area contributed by atoms with Gasteiger partial charge in [-0.2, -0.15) is 0 Å². The Labute approximate surface area is 163 Å². The van der Waals surface area contributed by atoms with Crippen LogP contribution in [0.3, 0.4) is 0 Å². The maximum Gasteiger partial charge on any atom is 0.127 e. The third-order valence-electron chi connectivity index (χ3n) is 1.72. The Morgan fingerprint density at radius 2 is 0.846 bits per heavy atom. The monoisotopic (exact) mass is 387 g/mol. The van der Waals surface area contributed by atoms with Crippen LogP contribution in [0, 0.1) is 0 Å². The van der Waals surface area contributed by atoms with Gasteiger partial charge in [-0.3, -0.25) is 0 Å². The molecule has 2 aromatic carbocycles. The van der Waals surface area contributed by atoms with Crippen LogP contribution in [0.2, 0.25) is 0 Å². The first-order valence-corrected chi connectivity index (χ1v) is 9.95. The molecule has 0 aromatic heterocycles. The van der Waals surface area contributed by atoms with E-state index in [1.807, 2.05) is 102 Å². The number of rotatable bonds is 2. The molecule has 0 N–H and O–H groups in total. The minimum atomic E-state index is -3.92. The molecular weight excluding hydrogens is 348 g/mol. The third kappa shape index (κ3) is 30.1. The Kier molecular flexibility index (Phi) is 34.5. The molecule has 0 atom stereocenters. The van der Waals surface area contributed by atoms with E-state index in [0.717, 1.165) is 11.5 Å². The number of hydrogen-bond acceptors (Lipinski definition) is 4. The van der Waals surface area contributed by atoms with Gasteiger partial charge < -0.3 is 9.29 Å². The molecule has 5 heteroatoms. The van der Waals surface area contributed by atoms with Gasteiger partial charge in [0.25, 0.3) is 0 Å². The van der Waals surface area contributed by atoms with Crippen molar-refractivity contribution in [1.82, 2.24) is 0 Å². The lowest BCUT2D eigenvalue weighted by Gasteiger charge is -2.03. The molecule has 0 saturated carbocycles. The molecule has 154 valence electrons. The molecule has 0 aliphatic heterocycles. The second-order valence-electron chi connectivity index (χ2n) is 3.43. The SMILES string of the molecule is C.C.CC.CC.CC.CS(=O)(=O)[O-].c1ccc(Oc2ccccc2)cc1. The molecular formula is C21H39O4S-. The fraction of sp³-hybridized carbons (Fsp3) is 0.429. The Morgan fingerprint density at radius 1 is 0.654 bits per heavy atom. The zero-order chi connectivity index (χ0) is 19.4. The lowest BCUT2D eigenvalue weighted by Crippen LogP contribution is -1.88. The van der Waals surface area contributed by atoms with Crippen molar-refractivity contribution in [3.8, 4) is 11.5 Å². The summed E-state index contributed by atoms with van der Waals surface area (Å²) < 4.78 is 32.8. The van der Waals surface area contributed by atoms with Crippen molar-refractivity contribution in [1.29, 1.82) is 0 Å². The maximum absolute atomic E-state index is 9.08. The predicted molar refractivity (Wildman–Crippen MR) is 116 cm³/mol. The second-order valence-corrected chi connectivity index (χ2v) is 4.84. The molecule has 0 saturated heterocycles. The van der Waals surface area contributed by atoms with E-state index in [4.69, 9.17) is 17.7 Å². The van der Waals surface area contributed by atoms with Crippen molar-refractivity contribution in [2.75, 3.05) is 6.26 Å². The van der Waals surface area contributed by atoms with E-state index < -0.39 is 10.1 Å². The van der Waals surface area contributed by atoms with Crippen molar-refractivity contribution in [3.05, 3.63) is 60.7 Å². The summed E-state index contributed by atoms with van der Waals surface area (Å²) in [6.07, 6.45) is 0.604. The topological polar surface area (TPSA) is 66.4 Å². The van der Waals surface area contributed by atoms with E-state index in [2.05, 4.69) is 0 Å². The molecule has 4 nitrogen and oxygen atoms in total. The first-order chi connectivity index (χ1) is 11.4. The number of para-hydroxylation sites is 2. The lowest BCUT2D eigenvalue weighted by molar-refractivity contribution is 0.470. The highest BCUT2D eigenvalue weighted by atomic mass is 32.2. The smallest absolute Gasteiger partial charge is 0.127 e. The number of ether oxygens (including phenoxy) is 1. The standard InChI is InChI=1S/C12H10O.3C2H6.CH4O3S.2CH4/c1-3-7-11(8-4-1)13-12-9-5-2-6-10-12;3*1-2;1-5(2,3)4;;/h1-10H;3*1-2H3;1H3,(H,2,3,4);2*1H4/p-1. The van der Waals surface area contributed by atoms with Crippen molar-refractivity contribution in [3.63, 3.8) is 0 Å². The first-order valence-electron chi connectivity index (χ1n) is 8.14. The number of hydrogen-bond donors (Lipinski definition) is 0. The van der Waals surface area contributed by atoms with E-state index in [1.165, 1.54) is 0 Å². The maximum atomic E-state index is 9.08. The predicted octanol–water partition coefficient (Wildman–Crippen LogP) is 6.99. The minimum Gasteiger partial charge on any atom is -0.748 e. The summed E-state index contributed by atoms with van der Waals surface area (Å²) in [5.74, 6) is 1.74. The molecule has 0 bridgehead atoms. The van der Waals surface area contributed by atoms with Gasteiger partial charge >= 0.3 is 0 Å². The average Bonchev–Trinajstić information content (AvgIpc) is 2.61. The van der Waals surface area contributed by atoms with Gasteiger partial charge in [0, 0.05) is 6.26 Å². The lowest BCUT2D eigenvalue weighted by atomic mass is 10.3. The highest BCUT2D eigenvalue weighted by Crippen LogP contribution is 2.19. The molecule has 0 heterocycles. The summed E-state index contributed by atoms with van der Waals surface area (Å²) in [5.41, 5.74) is 0. The highest BCUT2D eigenvalue weighted by Gasteiger charge is 1.92. The van der Waals surface area contributed by atoms with Gasteiger partial charge in [0.05, 0.1) is 10.1 Å². The van der Waals surface area contributed by atoms with Gasteiger partial charge in [0.1, 0.15) is 11.5 Å². The van der Waals surface area contributed by atoms with E-state index in [0.29, 0.717) is 6.26 Å². The van der Waals surface area contributed by atoms with Gasteiger partial charge in [-0.1, -0.05) is 92.8 Å². The van der Waals surface area contributed by atoms with Crippen LogP contribution >= 0.6 is 0 Å². The Morgan fingerprint density at radius 3 is 1.04 bits per heavy atom. The van der Waals surface area contributed by atoms with Crippen LogP contribution in [0.25, 0.3) is 0 Å². The average molecular weight is 388 g/mol. The molecule has 0 aliphatic rings. The zero-order valence-corrected chi connectivity index (χ0v) is 16.6. The van der Waals surface area contributed by atoms with E-state index in [-0.39, 0.29) is 14.9 Å². The van der Waals surface area contributed by atoms with E-state index in [9.17, 15) is 0 Å². The zero-order valence-electron chi connectivity index (χ0n) is 15.8. The molecule has 2 rings (SSSR count). The van der Waals surface area contributed by atoms with Crippen molar-refractivity contribution in [2.45, 2.75) is 56.4 Å². The largest absolute Gasteiger partial charge is 0.748 e. The molecule has 26 heavy (non-hydrogen) atoms. The van der Waals surface area contributed by atoms with Gasteiger partial charge in [-0.05, 0) is 24.3 Å². The fourth-order valence-corrected chi connectivity index (χ4v) is 1.11. The van der Waals surface area contributed by atoms with Gasteiger partial charge in [-0.25, -0.2) is 8.42 Å². The van der Waals surface area contributed by atoms with Crippen molar-refractivity contribution < 1.29 is 17.7 Å².